The van der Waals surface area contributed by atoms with Gasteiger partial charge in [0, 0.05) is 20.1 Å². The van der Waals surface area contributed by atoms with E-state index >= 15 is 0 Å². The molecule has 0 aliphatic heterocycles. The molecule has 0 aliphatic rings. The first-order valence-electron chi connectivity index (χ1n) is 6.31. The molecular weight excluding hydrogens is 231 g/mol. The number of likely N-dealkylation sites (N-methyl/N-ethyl adjacent to an activating group) is 1. The van der Waals surface area contributed by atoms with Crippen LogP contribution < -0.4 is 10.2 Å². The first-order chi connectivity index (χ1) is 8.56. The molecule has 0 heterocycles. The number of nitrogens with zero attached hydrogens (tertiary/aromatic N) is 1. The van der Waals surface area contributed by atoms with Gasteiger partial charge in [0.25, 0.3) is 0 Å². The topological polar surface area (TPSA) is 24.5 Å². The summed E-state index contributed by atoms with van der Waals surface area (Å²) in [6.45, 7) is 5.92. The van der Waals surface area contributed by atoms with Crippen molar-refractivity contribution in [1.29, 1.82) is 0 Å². The van der Waals surface area contributed by atoms with Crippen molar-refractivity contribution in [2.75, 3.05) is 32.1 Å². The van der Waals surface area contributed by atoms with Gasteiger partial charge in [-0.3, -0.25) is 0 Å². The average molecular weight is 254 g/mol. The first kappa shape index (κ1) is 14.9. The van der Waals surface area contributed by atoms with Gasteiger partial charge in [-0.1, -0.05) is 12.1 Å². The van der Waals surface area contributed by atoms with Gasteiger partial charge in [-0.05, 0) is 32.5 Å². The highest BCUT2D eigenvalue weighted by atomic mass is 19.1. The molecule has 1 aromatic carbocycles. The summed E-state index contributed by atoms with van der Waals surface area (Å²) in [6, 6.07) is 5.17. The molecule has 0 aromatic heterocycles. The van der Waals surface area contributed by atoms with E-state index < -0.39 is 0 Å². The fourth-order valence-corrected chi connectivity index (χ4v) is 1.86. The van der Waals surface area contributed by atoms with Crippen LogP contribution in [0, 0.1) is 5.82 Å². The molecule has 1 aromatic rings. The number of hydrogen-bond acceptors (Lipinski definition) is 3. The Labute approximate surface area is 109 Å². The zero-order chi connectivity index (χ0) is 13.5. The van der Waals surface area contributed by atoms with Crippen molar-refractivity contribution in [2.45, 2.75) is 26.5 Å². The molecule has 0 saturated carbocycles. The van der Waals surface area contributed by atoms with Crippen molar-refractivity contribution in [3.63, 3.8) is 0 Å². The van der Waals surface area contributed by atoms with Crippen LogP contribution in [0.1, 0.15) is 19.4 Å². The van der Waals surface area contributed by atoms with Gasteiger partial charge in [0.15, 0.2) is 0 Å². The fourth-order valence-electron chi connectivity index (χ4n) is 1.86. The molecule has 102 valence electrons. The normalized spacial score (nSPS) is 11.0. The molecule has 1 rings (SSSR count). The number of ether oxygens (including phenoxy) is 1. The largest absolute Gasteiger partial charge is 0.377 e. The predicted octanol–water partition coefficient (Wildman–Crippen LogP) is 2.41. The van der Waals surface area contributed by atoms with Crippen molar-refractivity contribution in [1.82, 2.24) is 5.32 Å². The highest BCUT2D eigenvalue weighted by Crippen LogP contribution is 2.23. The SMILES string of the molecule is CNCc1cccc(F)c1N(C)CCOC(C)C. The van der Waals surface area contributed by atoms with Gasteiger partial charge in [-0.2, -0.15) is 0 Å². The Morgan fingerprint density at radius 3 is 2.72 bits per heavy atom. The molecule has 0 amide bonds. The summed E-state index contributed by atoms with van der Waals surface area (Å²) in [7, 11) is 3.75. The van der Waals surface area contributed by atoms with Crippen molar-refractivity contribution >= 4 is 5.69 Å². The molecule has 0 atom stereocenters. The molecule has 0 aliphatic carbocycles. The maximum absolute atomic E-state index is 13.9. The highest BCUT2D eigenvalue weighted by Gasteiger charge is 2.12. The number of para-hydroxylation sites is 1. The average Bonchev–Trinajstić information content (AvgIpc) is 2.28. The van der Waals surface area contributed by atoms with Gasteiger partial charge >= 0.3 is 0 Å². The number of anilines is 1. The Morgan fingerprint density at radius 1 is 1.39 bits per heavy atom. The molecule has 18 heavy (non-hydrogen) atoms. The summed E-state index contributed by atoms with van der Waals surface area (Å²) in [5, 5.41) is 3.06. The first-order valence-corrected chi connectivity index (χ1v) is 6.31. The minimum atomic E-state index is -0.185. The molecule has 1 N–H and O–H groups in total. The summed E-state index contributed by atoms with van der Waals surface area (Å²) < 4.78 is 19.4. The standard InChI is InChI=1S/C14H23FN2O/c1-11(2)18-9-8-17(4)14-12(10-16-3)6-5-7-13(14)15/h5-7,11,16H,8-10H2,1-4H3. The van der Waals surface area contributed by atoms with E-state index in [1.54, 1.807) is 6.07 Å². The maximum Gasteiger partial charge on any atom is 0.146 e. The van der Waals surface area contributed by atoms with Crippen molar-refractivity contribution in [2.24, 2.45) is 0 Å². The highest BCUT2D eigenvalue weighted by molar-refractivity contribution is 5.54. The van der Waals surface area contributed by atoms with Crippen LogP contribution in [0.15, 0.2) is 18.2 Å². The summed E-state index contributed by atoms with van der Waals surface area (Å²) >= 11 is 0. The monoisotopic (exact) mass is 254 g/mol. The third-order valence-corrected chi connectivity index (χ3v) is 2.70. The van der Waals surface area contributed by atoms with Crippen LogP contribution in [0.5, 0.6) is 0 Å². The minimum absolute atomic E-state index is 0.185. The van der Waals surface area contributed by atoms with E-state index in [-0.39, 0.29) is 11.9 Å². The van der Waals surface area contributed by atoms with Gasteiger partial charge in [0.05, 0.1) is 18.4 Å². The zero-order valence-corrected chi connectivity index (χ0v) is 11.7. The van der Waals surface area contributed by atoms with Crippen LogP contribution in [0.25, 0.3) is 0 Å². The number of halogens is 1. The van der Waals surface area contributed by atoms with E-state index in [1.165, 1.54) is 6.07 Å². The third kappa shape index (κ3) is 4.27. The quantitative estimate of drug-likeness (QED) is 0.808. The predicted molar refractivity (Wildman–Crippen MR) is 73.5 cm³/mol. The Kier molecular flexibility index (Phi) is 6.09. The molecular formula is C14H23FN2O. The zero-order valence-electron chi connectivity index (χ0n) is 11.7. The lowest BCUT2D eigenvalue weighted by Gasteiger charge is -2.23. The summed E-state index contributed by atoms with van der Waals surface area (Å²) in [6.07, 6.45) is 0.204. The van der Waals surface area contributed by atoms with E-state index in [4.69, 9.17) is 4.74 Å². The fraction of sp³-hybridized carbons (Fsp3) is 0.571. The smallest absolute Gasteiger partial charge is 0.146 e. The molecule has 0 fully saturated rings. The minimum Gasteiger partial charge on any atom is -0.377 e. The lowest BCUT2D eigenvalue weighted by atomic mass is 10.1. The number of nitrogens with one attached hydrogen (secondary N) is 1. The lowest BCUT2D eigenvalue weighted by Crippen LogP contribution is -2.26. The Hall–Kier alpha value is -1.13. The lowest BCUT2D eigenvalue weighted by molar-refractivity contribution is 0.0845. The molecule has 4 heteroatoms. The van der Waals surface area contributed by atoms with E-state index in [2.05, 4.69) is 5.32 Å². The van der Waals surface area contributed by atoms with Crippen LogP contribution >= 0.6 is 0 Å². The van der Waals surface area contributed by atoms with Gasteiger partial charge in [0.1, 0.15) is 5.82 Å². The van der Waals surface area contributed by atoms with Gasteiger partial charge in [0.2, 0.25) is 0 Å². The second kappa shape index (κ2) is 7.34. The molecule has 0 radical (unpaired) electrons. The Balaban J connectivity index is 2.73. The number of rotatable bonds is 7. The molecule has 0 saturated heterocycles. The molecule has 0 unspecified atom stereocenters. The molecule has 3 nitrogen and oxygen atoms in total. The summed E-state index contributed by atoms with van der Waals surface area (Å²) in [5.74, 6) is -0.185. The summed E-state index contributed by atoms with van der Waals surface area (Å²) in [5.41, 5.74) is 1.61. The van der Waals surface area contributed by atoms with Gasteiger partial charge < -0.3 is 15.0 Å². The van der Waals surface area contributed by atoms with Crippen LogP contribution in [0.2, 0.25) is 0 Å². The Morgan fingerprint density at radius 2 is 2.11 bits per heavy atom. The van der Waals surface area contributed by atoms with Crippen molar-refractivity contribution in [3.8, 4) is 0 Å². The second-order valence-electron chi connectivity index (χ2n) is 4.62. The van der Waals surface area contributed by atoms with Crippen LogP contribution in [0.3, 0.4) is 0 Å². The molecule has 0 bridgehead atoms. The van der Waals surface area contributed by atoms with Crippen molar-refractivity contribution < 1.29 is 9.13 Å². The van der Waals surface area contributed by atoms with E-state index in [0.717, 1.165) is 5.56 Å². The summed E-state index contributed by atoms with van der Waals surface area (Å²) in [4.78, 5) is 1.91. The van der Waals surface area contributed by atoms with Crippen LogP contribution in [-0.4, -0.2) is 33.4 Å². The van der Waals surface area contributed by atoms with Crippen LogP contribution in [-0.2, 0) is 11.3 Å². The van der Waals surface area contributed by atoms with Gasteiger partial charge in [-0.15, -0.1) is 0 Å². The molecule has 0 spiro atoms. The van der Waals surface area contributed by atoms with E-state index in [1.807, 2.05) is 38.9 Å². The van der Waals surface area contributed by atoms with Crippen molar-refractivity contribution in [3.05, 3.63) is 29.6 Å². The van der Waals surface area contributed by atoms with Crippen LogP contribution in [0.4, 0.5) is 10.1 Å². The van der Waals surface area contributed by atoms with Gasteiger partial charge in [-0.25, -0.2) is 4.39 Å². The number of hydrogen-bond donors (Lipinski definition) is 1. The maximum atomic E-state index is 13.9. The van der Waals surface area contributed by atoms with E-state index in [9.17, 15) is 4.39 Å². The number of benzene rings is 1. The second-order valence-corrected chi connectivity index (χ2v) is 4.62. The third-order valence-electron chi connectivity index (χ3n) is 2.70. The van der Waals surface area contributed by atoms with E-state index in [0.29, 0.717) is 25.4 Å². The Bertz CT molecular complexity index is 369.